The SMILES string of the molecule is CO[C@@H]1OC(CO)[C@@H](O)[C@H](O[C@@H]2OC(CO)[C@H](O)[C@H](O)C2O)C1NC(C)=O. The topological polar surface area (TPSA) is 187 Å². The van der Waals surface area contributed by atoms with Crippen molar-refractivity contribution in [1.82, 2.24) is 5.32 Å². The molecule has 1 amide bonds. The highest BCUT2D eigenvalue weighted by Gasteiger charge is 2.51. The van der Waals surface area contributed by atoms with Crippen molar-refractivity contribution in [3.8, 4) is 0 Å². The van der Waals surface area contributed by atoms with Crippen molar-refractivity contribution < 1.29 is 54.4 Å². The van der Waals surface area contributed by atoms with E-state index in [0.717, 1.165) is 0 Å². The molecule has 2 rings (SSSR count). The second-order valence-electron chi connectivity index (χ2n) is 6.48. The normalized spacial score (nSPS) is 45.5. The van der Waals surface area contributed by atoms with E-state index in [2.05, 4.69) is 5.32 Å². The van der Waals surface area contributed by atoms with Crippen LogP contribution >= 0.6 is 0 Å². The molecule has 0 aromatic carbocycles. The van der Waals surface area contributed by atoms with E-state index in [1.807, 2.05) is 0 Å². The summed E-state index contributed by atoms with van der Waals surface area (Å²) >= 11 is 0. The fourth-order valence-electron chi connectivity index (χ4n) is 3.15. The molecule has 0 aromatic rings. The van der Waals surface area contributed by atoms with Gasteiger partial charge in [0, 0.05) is 14.0 Å². The van der Waals surface area contributed by atoms with Gasteiger partial charge in [-0.1, -0.05) is 0 Å². The first-order chi connectivity index (χ1) is 12.7. The Kier molecular flexibility index (Phi) is 7.88. The highest BCUT2D eigenvalue weighted by Crippen LogP contribution is 2.29. The van der Waals surface area contributed by atoms with Crippen LogP contribution in [0.1, 0.15) is 6.92 Å². The third-order valence-electron chi connectivity index (χ3n) is 4.60. The van der Waals surface area contributed by atoms with Gasteiger partial charge in [-0.25, -0.2) is 0 Å². The molecule has 0 spiro atoms. The molecule has 0 aliphatic carbocycles. The highest BCUT2D eigenvalue weighted by atomic mass is 16.7. The standard InChI is InChI=1S/C15H27NO11/c1-5(19)16-8-13(10(21)7(4-18)25-14(8)24-2)27-15-12(23)11(22)9(20)6(3-17)26-15/h6-15,17-18,20-23H,3-4H2,1-2H3,(H,16,19)/t6?,7?,8?,9-,10+,11-,12?,13+,14+,15-/m0/s1. The average molecular weight is 397 g/mol. The lowest BCUT2D eigenvalue weighted by molar-refractivity contribution is -0.343. The van der Waals surface area contributed by atoms with E-state index in [0.29, 0.717) is 0 Å². The molecule has 2 heterocycles. The predicted octanol–water partition coefficient (Wildman–Crippen LogP) is -4.60. The smallest absolute Gasteiger partial charge is 0.217 e. The first-order valence-electron chi connectivity index (χ1n) is 8.45. The minimum atomic E-state index is -1.70. The molecule has 2 aliphatic rings. The van der Waals surface area contributed by atoms with Crippen LogP contribution in [-0.4, -0.2) is 118 Å². The second kappa shape index (κ2) is 9.52. The third-order valence-corrected chi connectivity index (χ3v) is 4.60. The molecule has 0 aromatic heterocycles. The number of aliphatic hydroxyl groups is 6. The van der Waals surface area contributed by atoms with Crippen LogP contribution in [0.4, 0.5) is 0 Å². The summed E-state index contributed by atoms with van der Waals surface area (Å²) < 4.78 is 21.4. The lowest BCUT2D eigenvalue weighted by Crippen LogP contribution is -2.68. The van der Waals surface area contributed by atoms with Gasteiger partial charge in [0.2, 0.25) is 5.91 Å². The molecule has 2 saturated heterocycles. The van der Waals surface area contributed by atoms with Crippen molar-refractivity contribution in [2.45, 2.75) is 68.3 Å². The van der Waals surface area contributed by atoms with E-state index in [9.17, 15) is 35.4 Å². The van der Waals surface area contributed by atoms with Crippen LogP contribution in [0.5, 0.6) is 0 Å². The van der Waals surface area contributed by atoms with E-state index >= 15 is 0 Å². The van der Waals surface area contributed by atoms with Gasteiger partial charge in [-0.15, -0.1) is 0 Å². The molecule has 12 heteroatoms. The Bertz CT molecular complexity index is 492. The average Bonchev–Trinajstić information content (AvgIpc) is 2.64. The van der Waals surface area contributed by atoms with Crippen molar-refractivity contribution in [3.63, 3.8) is 0 Å². The summed E-state index contributed by atoms with van der Waals surface area (Å²) in [5, 5.41) is 61.5. The van der Waals surface area contributed by atoms with Gasteiger partial charge in [-0.2, -0.15) is 0 Å². The fourth-order valence-corrected chi connectivity index (χ4v) is 3.15. The first-order valence-corrected chi connectivity index (χ1v) is 8.45. The summed E-state index contributed by atoms with van der Waals surface area (Å²) in [6, 6.07) is -1.04. The van der Waals surface area contributed by atoms with Gasteiger partial charge in [0.25, 0.3) is 0 Å². The maximum atomic E-state index is 11.5. The van der Waals surface area contributed by atoms with Gasteiger partial charge in [-0.05, 0) is 0 Å². The molecule has 0 saturated carbocycles. The van der Waals surface area contributed by atoms with Crippen molar-refractivity contribution in [1.29, 1.82) is 0 Å². The minimum Gasteiger partial charge on any atom is -0.394 e. The van der Waals surface area contributed by atoms with Gasteiger partial charge in [0.05, 0.1) is 13.2 Å². The number of hydrogen-bond acceptors (Lipinski definition) is 11. The molecule has 2 fully saturated rings. The van der Waals surface area contributed by atoms with E-state index < -0.39 is 80.5 Å². The van der Waals surface area contributed by atoms with Gasteiger partial charge in [0.1, 0.15) is 48.8 Å². The van der Waals surface area contributed by atoms with E-state index in [1.54, 1.807) is 0 Å². The van der Waals surface area contributed by atoms with Crippen molar-refractivity contribution in [2.75, 3.05) is 20.3 Å². The van der Waals surface area contributed by atoms with Crippen molar-refractivity contribution in [3.05, 3.63) is 0 Å². The Morgan fingerprint density at radius 2 is 1.48 bits per heavy atom. The molecule has 0 radical (unpaired) electrons. The van der Waals surface area contributed by atoms with Crippen molar-refractivity contribution >= 4 is 5.91 Å². The number of methoxy groups -OCH3 is 1. The number of carbonyl (C=O) groups is 1. The zero-order valence-corrected chi connectivity index (χ0v) is 14.9. The van der Waals surface area contributed by atoms with E-state index in [4.69, 9.17) is 18.9 Å². The molecule has 12 nitrogen and oxygen atoms in total. The Hall–Kier alpha value is -0.930. The molecule has 158 valence electrons. The molecule has 4 unspecified atom stereocenters. The number of carbonyl (C=O) groups excluding carboxylic acids is 1. The zero-order chi connectivity index (χ0) is 20.3. The van der Waals surface area contributed by atoms with E-state index in [-0.39, 0.29) is 0 Å². The monoisotopic (exact) mass is 397 g/mol. The van der Waals surface area contributed by atoms with Crippen LogP contribution in [0, 0.1) is 0 Å². The maximum Gasteiger partial charge on any atom is 0.217 e. The number of nitrogens with one attached hydrogen (secondary N) is 1. The molecule has 27 heavy (non-hydrogen) atoms. The summed E-state index contributed by atoms with van der Waals surface area (Å²) in [5.74, 6) is -0.484. The van der Waals surface area contributed by atoms with Gasteiger partial charge >= 0.3 is 0 Å². The summed E-state index contributed by atoms with van der Waals surface area (Å²) in [4.78, 5) is 11.5. The molecule has 0 bridgehead atoms. The predicted molar refractivity (Wildman–Crippen MR) is 85.0 cm³/mol. The van der Waals surface area contributed by atoms with Crippen LogP contribution in [0.25, 0.3) is 0 Å². The fraction of sp³-hybridized carbons (Fsp3) is 0.933. The van der Waals surface area contributed by atoms with Gasteiger partial charge in [0.15, 0.2) is 12.6 Å². The lowest BCUT2D eigenvalue weighted by atomic mass is 9.95. The molecule has 7 N–H and O–H groups in total. The Morgan fingerprint density at radius 3 is 2.00 bits per heavy atom. The van der Waals surface area contributed by atoms with Gasteiger partial charge < -0.3 is 54.9 Å². The van der Waals surface area contributed by atoms with Crippen LogP contribution in [0.2, 0.25) is 0 Å². The minimum absolute atomic E-state index is 0.484. The lowest BCUT2D eigenvalue weighted by Gasteiger charge is -2.47. The van der Waals surface area contributed by atoms with Crippen molar-refractivity contribution in [2.24, 2.45) is 0 Å². The summed E-state index contributed by atoms with van der Waals surface area (Å²) in [7, 11) is 1.29. The second-order valence-corrected chi connectivity index (χ2v) is 6.48. The van der Waals surface area contributed by atoms with Gasteiger partial charge in [-0.3, -0.25) is 4.79 Å². The number of aliphatic hydroxyl groups excluding tert-OH is 6. The van der Waals surface area contributed by atoms with E-state index in [1.165, 1.54) is 14.0 Å². The van der Waals surface area contributed by atoms with Crippen LogP contribution in [-0.2, 0) is 23.7 Å². The Balaban J connectivity index is 2.25. The molecule has 2 aliphatic heterocycles. The van der Waals surface area contributed by atoms with Crippen LogP contribution < -0.4 is 5.32 Å². The highest BCUT2D eigenvalue weighted by molar-refractivity contribution is 5.73. The first kappa shape index (κ1) is 22.4. The van der Waals surface area contributed by atoms with Crippen LogP contribution in [0.15, 0.2) is 0 Å². The number of amides is 1. The Morgan fingerprint density at radius 1 is 0.926 bits per heavy atom. The zero-order valence-electron chi connectivity index (χ0n) is 14.9. The number of ether oxygens (including phenoxy) is 4. The third kappa shape index (κ3) is 4.74. The van der Waals surface area contributed by atoms with Crippen LogP contribution in [0.3, 0.4) is 0 Å². The maximum absolute atomic E-state index is 11.5. The largest absolute Gasteiger partial charge is 0.394 e. The Labute approximate surface area is 155 Å². The summed E-state index contributed by atoms with van der Waals surface area (Å²) in [6.45, 7) is -0.0132. The number of hydrogen-bond donors (Lipinski definition) is 7. The quantitative estimate of drug-likeness (QED) is 0.228. The molecule has 10 atom stereocenters. The summed E-state index contributed by atoms with van der Waals surface area (Å²) in [6.07, 6.45) is -12.7. The summed E-state index contributed by atoms with van der Waals surface area (Å²) in [5.41, 5.74) is 0. The molecular formula is C15H27NO11. The molecular weight excluding hydrogens is 370 g/mol. The number of rotatable bonds is 6.